The fraction of sp³-hybridized carbons (Fsp3) is 0.100. The molecule has 0 saturated carbocycles. The van der Waals surface area contributed by atoms with Gasteiger partial charge in [-0.1, -0.05) is 11.6 Å². The van der Waals surface area contributed by atoms with Gasteiger partial charge in [-0.2, -0.15) is 0 Å². The van der Waals surface area contributed by atoms with Crippen molar-refractivity contribution in [3.05, 3.63) is 33.1 Å². The molecule has 4 nitrogen and oxygen atoms in total. The summed E-state index contributed by atoms with van der Waals surface area (Å²) in [6.07, 6.45) is 1.53. The summed E-state index contributed by atoms with van der Waals surface area (Å²) in [6, 6.07) is 1.26. The number of halogens is 1. The predicted octanol–water partition coefficient (Wildman–Crippen LogP) is 1.90. The van der Waals surface area contributed by atoms with E-state index in [1.54, 1.807) is 6.92 Å². The topological polar surface area (TPSA) is 73.3 Å². The highest BCUT2D eigenvalue weighted by atomic mass is 35.5. The number of hydrogen-bond donors (Lipinski definition) is 3. The smallest absolute Gasteiger partial charge is 0.193 e. The Hall–Kier alpha value is -1.68. The first-order chi connectivity index (χ1) is 7.02. The van der Waals surface area contributed by atoms with Crippen molar-refractivity contribution in [1.82, 2.24) is 4.98 Å². The SMILES string of the molecule is Cc1c[nH]c2cc(O)c(O)c(Cl)c2c1=O. The van der Waals surface area contributed by atoms with Crippen LogP contribution in [-0.4, -0.2) is 15.2 Å². The third-order valence-corrected chi connectivity index (χ3v) is 2.62. The van der Waals surface area contributed by atoms with Crippen LogP contribution in [0.25, 0.3) is 10.9 Å². The molecule has 15 heavy (non-hydrogen) atoms. The van der Waals surface area contributed by atoms with Gasteiger partial charge >= 0.3 is 0 Å². The van der Waals surface area contributed by atoms with Crippen molar-refractivity contribution in [2.75, 3.05) is 0 Å². The first-order valence-corrected chi connectivity index (χ1v) is 4.62. The number of benzene rings is 1. The molecule has 1 aromatic heterocycles. The van der Waals surface area contributed by atoms with E-state index in [9.17, 15) is 15.0 Å². The summed E-state index contributed by atoms with van der Waals surface area (Å²) >= 11 is 5.78. The van der Waals surface area contributed by atoms with Crippen LogP contribution in [0.15, 0.2) is 17.1 Å². The first kappa shape index (κ1) is 9.86. The molecule has 0 amide bonds. The van der Waals surface area contributed by atoms with E-state index in [1.165, 1.54) is 12.3 Å². The molecular weight excluding hydrogens is 218 g/mol. The van der Waals surface area contributed by atoms with E-state index in [2.05, 4.69) is 4.98 Å². The number of hydrogen-bond acceptors (Lipinski definition) is 3. The Kier molecular flexibility index (Phi) is 2.08. The van der Waals surface area contributed by atoms with E-state index < -0.39 is 5.75 Å². The van der Waals surface area contributed by atoms with E-state index in [-0.39, 0.29) is 21.6 Å². The average molecular weight is 226 g/mol. The zero-order valence-corrected chi connectivity index (χ0v) is 8.59. The Morgan fingerprint density at radius 1 is 1.40 bits per heavy atom. The number of nitrogens with one attached hydrogen (secondary N) is 1. The van der Waals surface area contributed by atoms with Crippen molar-refractivity contribution in [1.29, 1.82) is 0 Å². The number of pyridine rings is 1. The van der Waals surface area contributed by atoms with Crippen molar-refractivity contribution in [3.8, 4) is 11.5 Å². The number of fused-ring (bicyclic) bond motifs is 1. The van der Waals surface area contributed by atoms with Crippen LogP contribution in [0.3, 0.4) is 0 Å². The second-order valence-corrected chi connectivity index (χ2v) is 3.66. The number of aromatic nitrogens is 1. The van der Waals surface area contributed by atoms with Crippen molar-refractivity contribution in [2.24, 2.45) is 0 Å². The summed E-state index contributed by atoms with van der Waals surface area (Å²) in [5.41, 5.74) is 0.629. The van der Waals surface area contributed by atoms with Crippen LogP contribution < -0.4 is 5.43 Å². The Labute approximate surface area is 89.8 Å². The van der Waals surface area contributed by atoms with E-state index in [1.807, 2.05) is 0 Å². The number of aromatic hydroxyl groups is 2. The molecule has 0 aliphatic heterocycles. The highest BCUT2D eigenvalue weighted by Crippen LogP contribution is 2.37. The number of rotatable bonds is 0. The Bertz CT molecular complexity index is 604. The molecule has 1 heterocycles. The summed E-state index contributed by atoms with van der Waals surface area (Å²) < 4.78 is 0. The van der Waals surface area contributed by atoms with Gasteiger partial charge in [0, 0.05) is 17.8 Å². The number of aryl methyl sites for hydroxylation is 1. The standard InChI is InChI=1S/C10H8ClNO3/c1-4-3-12-5-2-6(13)10(15)8(11)7(5)9(4)14/h2-3,13,15H,1H3,(H,12,14). The van der Waals surface area contributed by atoms with E-state index in [4.69, 9.17) is 11.6 Å². The molecule has 0 spiro atoms. The van der Waals surface area contributed by atoms with Crippen LogP contribution in [0.4, 0.5) is 0 Å². The summed E-state index contributed by atoms with van der Waals surface area (Å²) in [7, 11) is 0. The molecule has 3 N–H and O–H groups in total. The van der Waals surface area contributed by atoms with Crippen molar-refractivity contribution >= 4 is 22.5 Å². The molecule has 2 rings (SSSR count). The molecule has 0 aliphatic rings. The highest BCUT2D eigenvalue weighted by molar-refractivity contribution is 6.37. The number of phenols is 2. The molecule has 5 heteroatoms. The number of aromatic amines is 1. The molecule has 0 unspecified atom stereocenters. The highest BCUT2D eigenvalue weighted by Gasteiger charge is 2.13. The minimum Gasteiger partial charge on any atom is -0.504 e. The third kappa shape index (κ3) is 1.34. The molecular formula is C10H8ClNO3. The van der Waals surface area contributed by atoms with Gasteiger partial charge in [-0.15, -0.1) is 0 Å². The lowest BCUT2D eigenvalue weighted by Crippen LogP contribution is -2.06. The van der Waals surface area contributed by atoms with Crippen LogP contribution >= 0.6 is 11.6 Å². The molecule has 0 fully saturated rings. The van der Waals surface area contributed by atoms with Gasteiger partial charge in [0.1, 0.15) is 0 Å². The minimum absolute atomic E-state index is 0.130. The van der Waals surface area contributed by atoms with E-state index in [0.717, 1.165) is 0 Å². The summed E-state index contributed by atoms with van der Waals surface area (Å²) in [5, 5.41) is 18.7. The maximum atomic E-state index is 11.7. The molecule has 0 saturated heterocycles. The van der Waals surface area contributed by atoms with Crippen LogP contribution in [0, 0.1) is 6.92 Å². The maximum absolute atomic E-state index is 11.7. The van der Waals surface area contributed by atoms with Crippen LogP contribution in [-0.2, 0) is 0 Å². The van der Waals surface area contributed by atoms with Crippen LogP contribution in [0.1, 0.15) is 5.56 Å². The molecule has 78 valence electrons. The fourth-order valence-corrected chi connectivity index (χ4v) is 1.70. The van der Waals surface area contributed by atoms with Gasteiger partial charge in [0.15, 0.2) is 16.9 Å². The normalized spacial score (nSPS) is 10.8. The molecule has 0 radical (unpaired) electrons. The lowest BCUT2D eigenvalue weighted by atomic mass is 10.1. The van der Waals surface area contributed by atoms with Gasteiger partial charge < -0.3 is 15.2 Å². The predicted molar refractivity (Wildman–Crippen MR) is 57.6 cm³/mol. The maximum Gasteiger partial charge on any atom is 0.193 e. The monoisotopic (exact) mass is 225 g/mol. The molecule has 0 aliphatic carbocycles. The van der Waals surface area contributed by atoms with Crippen molar-refractivity contribution in [3.63, 3.8) is 0 Å². The third-order valence-electron chi connectivity index (χ3n) is 2.25. The second kappa shape index (κ2) is 3.17. The number of H-pyrrole nitrogens is 1. The lowest BCUT2D eigenvalue weighted by molar-refractivity contribution is 0.405. The summed E-state index contributed by atoms with van der Waals surface area (Å²) in [6.45, 7) is 1.64. The van der Waals surface area contributed by atoms with E-state index >= 15 is 0 Å². The molecule has 0 atom stereocenters. The largest absolute Gasteiger partial charge is 0.504 e. The Morgan fingerprint density at radius 3 is 2.73 bits per heavy atom. The van der Waals surface area contributed by atoms with E-state index in [0.29, 0.717) is 11.1 Å². The van der Waals surface area contributed by atoms with Crippen molar-refractivity contribution in [2.45, 2.75) is 6.92 Å². The quantitative estimate of drug-likeness (QED) is 0.600. The van der Waals surface area contributed by atoms with Gasteiger partial charge in [0.05, 0.1) is 15.9 Å². The summed E-state index contributed by atoms with van der Waals surface area (Å²) in [5.74, 6) is -0.827. The second-order valence-electron chi connectivity index (χ2n) is 3.28. The van der Waals surface area contributed by atoms with Crippen molar-refractivity contribution < 1.29 is 10.2 Å². The fourth-order valence-electron chi connectivity index (χ4n) is 1.41. The Morgan fingerprint density at radius 2 is 2.07 bits per heavy atom. The van der Waals surface area contributed by atoms with Crippen LogP contribution in [0.2, 0.25) is 5.02 Å². The first-order valence-electron chi connectivity index (χ1n) is 4.25. The lowest BCUT2D eigenvalue weighted by Gasteiger charge is -2.05. The zero-order valence-electron chi connectivity index (χ0n) is 7.84. The van der Waals surface area contributed by atoms with Gasteiger partial charge in [-0.25, -0.2) is 0 Å². The van der Waals surface area contributed by atoms with Gasteiger partial charge in [-0.05, 0) is 6.92 Å². The Balaban J connectivity index is 3.07. The van der Waals surface area contributed by atoms with Gasteiger partial charge in [0.25, 0.3) is 0 Å². The van der Waals surface area contributed by atoms with Gasteiger partial charge in [-0.3, -0.25) is 4.79 Å². The zero-order chi connectivity index (χ0) is 11.2. The summed E-state index contributed by atoms with van der Waals surface area (Å²) in [4.78, 5) is 14.5. The molecule has 0 bridgehead atoms. The molecule has 1 aromatic carbocycles. The van der Waals surface area contributed by atoms with Crippen LogP contribution in [0.5, 0.6) is 11.5 Å². The minimum atomic E-state index is -0.472. The average Bonchev–Trinajstić information content (AvgIpc) is 2.20. The number of phenolic OH excluding ortho intramolecular Hbond substituents is 2. The molecule has 2 aromatic rings. The van der Waals surface area contributed by atoms with Gasteiger partial charge in [0.2, 0.25) is 0 Å².